The Morgan fingerprint density at radius 3 is 2.46 bits per heavy atom. The van der Waals surface area contributed by atoms with Gasteiger partial charge in [-0.1, -0.05) is 48.6 Å². The summed E-state index contributed by atoms with van der Waals surface area (Å²) in [6.07, 6.45) is 8.17. The Morgan fingerprint density at radius 2 is 1.73 bits per heavy atom. The van der Waals surface area contributed by atoms with Crippen molar-refractivity contribution in [3.05, 3.63) is 99.7 Å². The maximum atomic E-state index is 11.0. The molecule has 5 rings (SSSR count). The van der Waals surface area contributed by atoms with Crippen molar-refractivity contribution in [3.8, 4) is 0 Å². The number of hydrogen-bond acceptors (Lipinski definition) is 8. The van der Waals surface area contributed by atoms with E-state index in [0.29, 0.717) is 0 Å². The van der Waals surface area contributed by atoms with E-state index in [9.17, 15) is 10.2 Å². The summed E-state index contributed by atoms with van der Waals surface area (Å²) < 4.78 is 8.44. The molecule has 0 saturated carbocycles. The van der Waals surface area contributed by atoms with Crippen LogP contribution in [0.5, 0.6) is 0 Å². The van der Waals surface area contributed by atoms with Gasteiger partial charge in [-0.05, 0) is 66.2 Å². The van der Waals surface area contributed by atoms with Crippen molar-refractivity contribution in [3.63, 3.8) is 0 Å². The normalized spacial score (nSPS) is 20.1. The summed E-state index contributed by atoms with van der Waals surface area (Å²) in [6, 6.07) is 16.0. The average Bonchev–Trinajstić information content (AvgIpc) is 2.96. The molecule has 0 radical (unpaired) electrons. The molecule has 0 bridgehead atoms. The number of aliphatic hydroxyl groups is 2. The van der Waals surface area contributed by atoms with Gasteiger partial charge in [0.25, 0.3) is 0 Å². The Bertz CT molecular complexity index is 1140. The molecule has 2 atom stereocenters. The van der Waals surface area contributed by atoms with Crippen molar-refractivity contribution in [1.82, 2.24) is 15.1 Å². The molecule has 1 fully saturated rings. The molecule has 4 N–H and O–H groups in total. The summed E-state index contributed by atoms with van der Waals surface area (Å²) in [6.45, 7) is 4.27. The molecule has 2 aliphatic heterocycles. The topological polar surface area (TPSA) is 80.2 Å². The molecule has 196 valence electrons. The average molecular weight is 521 g/mol. The molecule has 2 heterocycles. The quantitative estimate of drug-likeness (QED) is 0.282. The van der Waals surface area contributed by atoms with E-state index in [1.54, 1.807) is 11.9 Å². The zero-order chi connectivity index (χ0) is 25.6. The van der Waals surface area contributed by atoms with Crippen LogP contribution >= 0.6 is 11.9 Å². The van der Waals surface area contributed by atoms with E-state index in [2.05, 4.69) is 32.0 Å². The van der Waals surface area contributed by atoms with Gasteiger partial charge in [-0.3, -0.25) is 9.80 Å². The molecule has 2 unspecified atom stereocenters. The van der Waals surface area contributed by atoms with Crippen LogP contribution in [0.3, 0.4) is 0 Å². The van der Waals surface area contributed by atoms with E-state index in [-0.39, 0.29) is 0 Å². The lowest BCUT2D eigenvalue weighted by Crippen LogP contribution is -2.47. The number of anilines is 1. The highest BCUT2D eigenvalue weighted by molar-refractivity contribution is 8.04. The third-order valence-electron chi connectivity index (χ3n) is 7.19. The zero-order valence-corrected chi connectivity index (χ0v) is 22.1. The molecule has 1 saturated heterocycles. The molecular formula is C29H36N4O3S. The molecule has 1 aliphatic carbocycles. The van der Waals surface area contributed by atoms with Gasteiger partial charge >= 0.3 is 0 Å². The fourth-order valence-corrected chi connectivity index (χ4v) is 5.86. The van der Waals surface area contributed by atoms with Crippen molar-refractivity contribution in [1.29, 1.82) is 0 Å². The molecule has 7 nitrogen and oxygen atoms in total. The smallest absolute Gasteiger partial charge is 0.180 e. The minimum Gasteiger partial charge on any atom is -0.374 e. The van der Waals surface area contributed by atoms with E-state index in [1.807, 2.05) is 54.7 Å². The second-order valence-electron chi connectivity index (χ2n) is 9.66. The molecule has 37 heavy (non-hydrogen) atoms. The summed E-state index contributed by atoms with van der Waals surface area (Å²) >= 11 is 1.68. The number of benzene rings is 2. The summed E-state index contributed by atoms with van der Waals surface area (Å²) in [7, 11) is 1.49. The Hall–Kier alpha value is -2.59. The molecule has 2 aromatic rings. The number of aliphatic hydroxyl groups excluding tert-OH is 2. The maximum absolute atomic E-state index is 11.0. The molecular weight excluding hydrogens is 484 g/mol. The SMILES string of the molecule is COC(O)c1ccc(CN2CCN(C(O)c3ccc(NSC4=C5NC=CCC5=CCC4)cc3)CC2)cc1. The minimum absolute atomic E-state index is 0.604. The van der Waals surface area contributed by atoms with Gasteiger partial charge in [-0.25, -0.2) is 0 Å². The molecule has 0 aromatic heterocycles. The van der Waals surface area contributed by atoms with Gasteiger partial charge in [0.2, 0.25) is 0 Å². The molecule has 2 aromatic carbocycles. The number of ether oxygens (including phenoxy) is 1. The van der Waals surface area contributed by atoms with Gasteiger partial charge in [-0.2, -0.15) is 0 Å². The monoisotopic (exact) mass is 520 g/mol. The largest absolute Gasteiger partial charge is 0.374 e. The van der Waals surface area contributed by atoms with E-state index in [0.717, 1.165) is 68.8 Å². The lowest BCUT2D eigenvalue weighted by atomic mass is 9.98. The van der Waals surface area contributed by atoms with E-state index >= 15 is 0 Å². The number of allylic oxidation sites excluding steroid dienone is 4. The Balaban J connectivity index is 1.10. The molecule has 3 aliphatic rings. The van der Waals surface area contributed by atoms with Gasteiger partial charge in [0.05, 0.1) is 5.70 Å². The van der Waals surface area contributed by atoms with Crippen LogP contribution in [0.1, 0.15) is 48.5 Å². The van der Waals surface area contributed by atoms with Crippen LogP contribution in [0.4, 0.5) is 5.69 Å². The lowest BCUT2D eigenvalue weighted by Gasteiger charge is -2.37. The summed E-state index contributed by atoms with van der Waals surface area (Å²) in [5.41, 5.74) is 6.55. The number of nitrogens with one attached hydrogen (secondary N) is 2. The maximum Gasteiger partial charge on any atom is 0.180 e. The highest BCUT2D eigenvalue weighted by atomic mass is 32.2. The van der Waals surface area contributed by atoms with Crippen LogP contribution in [0.25, 0.3) is 0 Å². The fraction of sp³-hybridized carbons (Fsp3) is 0.379. The summed E-state index contributed by atoms with van der Waals surface area (Å²) in [4.78, 5) is 5.87. The van der Waals surface area contributed by atoms with Crippen molar-refractivity contribution in [2.75, 3.05) is 38.0 Å². The number of hydrogen-bond donors (Lipinski definition) is 4. The van der Waals surface area contributed by atoms with Gasteiger partial charge < -0.3 is 25.0 Å². The van der Waals surface area contributed by atoms with Crippen LogP contribution in [0, 0.1) is 0 Å². The molecule has 8 heteroatoms. The van der Waals surface area contributed by atoms with Crippen molar-refractivity contribution in [2.45, 2.75) is 38.3 Å². The Labute approximate surface area is 223 Å². The highest BCUT2D eigenvalue weighted by Crippen LogP contribution is 2.35. The number of methoxy groups -OCH3 is 1. The van der Waals surface area contributed by atoms with E-state index in [4.69, 9.17) is 4.74 Å². The van der Waals surface area contributed by atoms with Crippen LogP contribution in [0.2, 0.25) is 0 Å². The van der Waals surface area contributed by atoms with Crippen LogP contribution in [-0.4, -0.2) is 53.3 Å². The summed E-state index contributed by atoms with van der Waals surface area (Å²) in [5.74, 6) is 0. The first-order valence-electron chi connectivity index (χ1n) is 12.9. The number of piperazine rings is 1. The summed E-state index contributed by atoms with van der Waals surface area (Å²) in [5, 5.41) is 24.2. The van der Waals surface area contributed by atoms with Crippen molar-refractivity contribution >= 4 is 17.6 Å². The molecule has 0 amide bonds. The van der Waals surface area contributed by atoms with Crippen LogP contribution in [0.15, 0.2) is 83.1 Å². The van der Waals surface area contributed by atoms with E-state index < -0.39 is 12.5 Å². The third-order valence-corrected chi connectivity index (χ3v) is 8.19. The van der Waals surface area contributed by atoms with Crippen LogP contribution in [-0.2, 0) is 11.3 Å². The molecule has 0 spiro atoms. The van der Waals surface area contributed by atoms with Crippen LogP contribution < -0.4 is 10.0 Å². The highest BCUT2D eigenvalue weighted by Gasteiger charge is 2.24. The zero-order valence-electron chi connectivity index (χ0n) is 21.3. The first-order chi connectivity index (χ1) is 18.1. The van der Waals surface area contributed by atoms with Gasteiger partial charge in [0.1, 0.15) is 6.23 Å². The first kappa shape index (κ1) is 26.0. The number of nitrogens with zero attached hydrogens (tertiary/aromatic N) is 2. The number of fused-ring (bicyclic) bond motifs is 1. The van der Waals surface area contributed by atoms with Gasteiger partial charge in [0.15, 0.2) is 6.29 Å². The standard InChI is InChI=1S/C29H36N4O3S/c1-36-29(35)24-9-7-21(8-10-24)20-32-16-18-33(19-17-32)28(34)23-11-13-25(14-12-23)31-37-26-6-2-4-22-5-3-15-30-27(22)26/h3-4,7-15,28-31,34-35H,2,5-6,16-20H2,1H3. The van der Waals surface area contributed by atoms with Gasteiger partial charge in [-0.15, -0.1) is 0 Å². The van der Waals surface area contributed by atoms with Crippen molar-refractivity contribution in [2.24, 2.45) is 0 Å². The van der Waals surface area contributed by atoms with Gasteiger partial charge in [0, 0.05) is 56.0 Å². The predicted molar refractivity (Wildman–Crippen MR) is 149 cm³/mol. The Kier molecular flexibility index (Phi) is 8.66. The Morgan fingerprint density at radius 1 is 1.00 bits per heavy atom. The second-order valence-corrected chi connectivity index (χ2v) is 10.6. The minimum atomic E-state index is -0.880. The number of rotatable bonds is 9. The van der Waals surface area contributed by atoms with Crippen molar-refractivity contribution < 1.29 is 14.9 Å². The third kappa shape index (κ3) is 6.46. The van der Waals surface area contributed by atoms with E-state index in [1.165, 1.54) is 28.8 Å². The predicted octanol–water partition coefficient (Wildman–Crippen LogP) is 4.63. The second kappa shape index (κ2) is 12.3. The lowest BCUT2D eigenvalue weighted by molar-refractivity contribution is -0.0769. The first-order valence-corrected chi connectivity index (χ1v) is 13.7. The fourth-order valence-electron chi connectivity index (χ4n) is 4.98.